The van der Waals surface area contributed by atoms with E-state index >= 15 is 0 Å². The lowest BCUT2D eigenvalue weighted by molar-refractivity contribution is -0.141. The molecule has 2 aliphatic rings. The van der Waals surface area contributed by atoms with Crippen LogP contribution in [0.4, 0.5) is 4.79 Å². The van der Waals surface area contributed by atoms with Crippen LogP contribution in [0.15, 0.2) is 35.5 Å². The Morgan fingerprint density at radius 1 is 1.00 bits per heavy atom. The summed E-state index contributed by atoms with van der Waals surface area (Å²) in [5.74, 6) is -0.415. The van der Waals surface area contributed by atoms with Gasteiger partial charge in [-0.05, 0) is 49.8 Å². The Kier molecular flexibility index (Phi) is 7.49. The zero-order valence-electron chi connectivity index (χ0n) is 17.7. The summed E-state index contributed by atoms with van der Waals surface area (Å²) >= 11 is 0. The van der Waals surface area contributed by atoms with Crippen molar-refractivity contribution in [2.24, 2.45) is 5.92 Å². The number of esters is 2. The van der Waals surface area contributed by atoms with E-state index in [1.807, 2.05) is 6.92 Å². The molecule has 1 unspecified atom stereocenters. The highest BCUT2D eigenvalue weighted by Gasteiger charge is 2.33. The summed E-state index contributed by atoms with van der Waals surface area (Å²) < 4.78 is 10.7. The number of amides is 2. The van der Waals surface area contributed by atoms with Crippen LogP contribution < -0.4 is 10.6 Å². The number of carbonyl (C=O) groups excluding carboxylic acids is 3. The zero-order valence-corrected chi connectivity index (χ0v) is 17.7. The number of carbonyl (C=O) groups is 3. The van der Waals surface area contributed by atoms with Gasteiger partial charge in [-0.3, -0.25) is 0 Å². The summed E-state index contributed by atoms with van der Waals surface area (Å²) in [4.78, 5) is 37.1. The highest BCUT2D eigenvalue weighted by atomic mass is 16.5. The number of rotatable bonds is 7. The van der Waals surface area contributed by atoms with Gasteiger partial charge in [0.2, 0.25) is 0 Å². The van der Waals surface area contributed by atoms with Gasteiger partial charge in [-0.25, -0.2) is 14.4 Å². The first-order chi connectivity index (χ1) is 14.5. The summed E-state index contributed by atoms with van der Waals surface area (Å²) in [7, 11) is 0. The molecule has 1 atom stereocenters. The quantitative estimate of drug-likeness (QED) is 0.658. The van der Waals surface area contributed by atoms with Crippen molar-refractivity contribution in [3.63, 3.8) is 0 Å². The van der Waals surface area contributed by atoms with Gasteiger partial charge in [-0.1, -0.05) is 38.3 Å². The van der Waals surface area contributed by atoms with Gasteiger partial charge in [-0.15, -0.1) is 0 Å². The average Bonchev–Trinajstić information content (AvgIpc) is 2.77. The lowest BCUT2D eigenvalue weighted by atomic mass is 9.90. The molecule has 1 aliphatic carbocycles. The minimum Gasteiger partial charge on any atom is -0.462 e. The Labute approximate surface area is 177 Å². The van der Waals surface area contributed by atoms with Gasteiger partial charge >= 0.3 is 18.0 Å². The maximum Gasteiger partial charge on any atom is 0.338 e. The third-order valence-corrected chi connectivity index (χ3v) is 5.66. The molecule has 0 saturated heterocycles. The van der Waals surface area contributed by atoms with Crippen LogP contribution in [-0.2, 0) is 14.3 Å². The van der Waals surface area contributed by atoms with Crippen molar-refractivity contribution in [2.75, 3.05) is 13.2 Å². The lowest BCUT2D eigenvalue weighted by Crippen LogP contribution is -2.46. The molecule has 0 aromatic heterocycles. The Morgan fingerprint density at radius 3 is 2.33 bits per heavy atom. The van der Waals surface area contributed by atoms with Crippen LogP contribution in [0.3, 0.4) is 0 Å². The topological polar surface area (TPSA) is 93.7 Å². The van der Waals surface area contributed by atoms with Crippen molar-refractivity contribution < 1.29 is 23.9 Å². The van der Waals surface area contributed by atoms with E-state index in [9.17, 15) is 14.4 Å². The van der Waals surface area contributed by atoms with Gasteiger partial charge in [-0.2, -0.15) is 0 Å². The third-order valence-electron chi connectivity index (χ3n) is 5.66. The molecular formula is C23H30N2O5. The molecule has 7 heteroatoms. The first-order valence-electron chi connectivity index (χ1n) is 10.8. The van der Waals surface area contributed by atoms with Crippen LogP contribution in [0.2, 0.25) is 0 Å². The normalized spacial score (nSPS) is 19.7. The molecule has 0 spiro atoms. The minimum atomic E-state index is -0.635. The molecule has 1 fully saturated rings. The molecule has 1 heterocycles. The molecule has 0 radical (unpaired) electrons. The van der Waals surface area contributed by atoms with Crippen molar-refractivity contribution in [2.45, 2.75) is 58.4 Å². The number of benzene rings is 1. The second-order valence-electron chi connectivity index (χ2n) is 7.72. The molecule has 7 nitrogen and oxygen atoms in total. The standard InChI is InChI=1S/C23H30N2O5/c1-3-18-19(22(27)30-14-15-8-6-5-7-9-15)20(25-23(28)24-18)16-10-12-17(13-11-16)21(26)29-4-2/h10-13,15,20H,3-9,14H2,1-2H3,(H2,24,25,28). The van der Waals surface area contributed by atoms with Crippen LogP contribution in [-0.4, -0.2) is 31.2 Å². The van der Waals surface area contributed by atoms with Crippen LogP contribution in [0.1, 0.15) is 74.3 Å². The first-order valence-corrected chi connectivity index (χ1v) is 10.8. The second-order valence-corrected chi connectivity index (χ2v) is 7.72. The lowest BCUT2D eigenvalue weighted by Gasteiger charge is -2.30. The Balaban J connectivity index is 1.80. The Hall–Kier alpha value is -2.83. The van der Waals surface area contributed by atoms with E-state index in [-0.39, 0.29) is 6.03 Å². The molecule has 30 heavy (non-hydrogen) atoms. The number of nitrogens with one attached hydrogen (secondary N) is 2. The number of urea groups is 1. The molecule has 2 amide bonds. The Bertz CT molecular complexity index is 809. The van der Waals surface area contributed by atoms with Crippen molar-refractivity contribution in [1.82, 2.24) is 10.6 Å². The molecule has 1 aliphatic heterocycles. The van der Waals surface area contributed by atoms with Crippen LogP contribution in [0.5, 0.6) is 0 Å². The fourth-order valence-electron chi connectivity index (χ4n) is 4.04. The fourth-order valence-corrected chi connectivity index (χ4v) is 4.04. The fraction of sp³-hybridized carbons (Fsp3) is 0.522. The van der Waals surface area contributed by atoms with Gasteiger partial charge in [0.05, 0.1) is 30.4 Å². The summed E-state index contributed by atoms with van der Waals surface area (Å²) in [6.07, 6.45) is 6.27. The van der Waals surface area contributed by atoms with Gasteiger partial charge in [0, 0.05) is 5.70 Å². The molecule has 1 aromatic carbocycles. The third kappa shape index (κ3) is 5.20. The van der Waals surface area contributed by atoms with Gasteiger partial charge in [0.25, 0.3) is 0 Å². The molecule has 1 aromatic rings. The maximum atomic E-state index is 13.0. The van der Waals surface area contributed by atoms with Crippen molar-refractivity contribution >= 4 is 18.0 Å². The SMILES string of the molecule is CCOC(=O)c1ccc(C2NC(=O)NC(CC)=C2C(=O)OCC2CCCCC2)cc1. The maximum absolute atomic E-state index is 13.0. The molecular weight excluding hydrogens is 384 g/mol. The highest BCUT2D eigenvalue weighted by molar-refractivity contribution is 5.95. The largest absolute Gasteiger partial charge is 0.462 e. The van der Waals surface area contributed by atoms with Gasteiger partial charge in [0.1, 0.15) is 0 Å². The highest BCUT2D eigenvalue weighted by Crippen LogP contribution is 2.30. The average molecular weight is 415 g/mol. The Morgan fingerprint density at radius 2 is 1.70 bits per heavy atom. The monoisotopic (exact) mass is 414 g/mol. The number of allylic oxidation sites excluding steroid dienone is 1. The van der Waals surface area contributed by atoms with Crippen molar-refractivity contribution in [3.05, 3.63) is 46.7 Å². The smallest absolute Gasteiger partial charge is 0.338 e. The predicted molar refractivity (Wildman–Crippen MR) is 112 cm³/mol. The van der Waals surface area contributed by atoms with Crippen LogP contribution >= 0.6 is 0 Å². The number of hydrogen-bond donors (Lipinski definition) is 2. The van der Waals surface area contributed by atoms with Gasteiger partial charge in [0.15, 0.2) is 0 Å². The van der Waals surface area contributed by atoms with E-state index in [2.05, 4.69) is 10.6 Å². The van der Waals surface area contributed by atoms with Crippen LogP contribution in [0.25, 0.3) is 0 Å². The van der Waals surface area contributed by atoms with E-state index in [1.165, 1.54) is 19.3 Å². The number of ether oxygens (including phenoxy) is 2. The second kappa shape index (κ2) is 10.3. The van der Waals surface area contributed by atoms with Crippen molar-refractivity contribution in [3.8, 4) is 0 Å². The van der Waals surface area contributed by atoms with E-state index in [0.717, 1.165) is 12.8 Å². The summed E-state index contributed by atoms with van der Waals surface area (Å²) in [5, 5.41) is 5.55. The van der Waals surface area contributed by atoms with E-state index in [4.69, 9.17) is 9.47 Å². The van der Waals surface area contributed by atoms with Crippen LogP contribution in [0, 0.1) is 5.92 Å². The molecule has 162 valence electrons. The van der Waals surface area contributed by atoms with Gasteiger partial charge < -0.3 is 20.1 Å². The minimum absolute atomic E-state index is 0.296. The molecule has 2 N–H and O–H groups in total. The summed E-state index contributed by atoms with van der Waals surface area (Å²) in [6, 6.07) is 5.73. The summed E-state index contributed by atoms with van der Waals surface area (Å²) in [6.45, 7) is 4.33. The molecule has 0 bridgehead atoms. The van der Waals surface area contributed by atoms with Crippen molar-refractivity contribution in [1.29, 1.82) is 0 Å². The number of hydrogen-bond acceptors (Lipinski definition) is 5. The van der Waals surface area contributed by atoms with E-state index in [1.54, 1.807) is 31.2 Å². The predicted octanol–water partition coefficient (Wildman–Crippen LogP) is 4.00. The first kappa shape index (κ1) is 21.9. The zero-order chi connectivity index (χ0) is 21.5. The molecule has 3 rings (SSSR count). The van der Waals surface area contributed by atoms with E-state index in [0.29, 0.717) is 47.9 Å². The molecule has 1 saturated carbocycles. The summed E-state index contributed by atoms with van der Waals surface area (Å²) in [5.41, 5.74) is 2.10. The van der Waals surface area contributed by atoms with E-state index < -0.39 is 18.0 Å².